The molecule has 19 heavy (non-hydrogen) atoms. The summed E-state index contributed by atoms with van der Waals surface area (Å²) in [5.41, 5.74) is 5.87. The standard InChI is InChI=1S/C14H19BrN2OS/c1-14(2,13(18)17-8-7-11(16)9-17)19-12-5-3-10(15)4-6-12/h3-6,11H,7-9,16H2,1-2H3/t11-/m1/s1. The Morgan fingerprint density at radius 1 is 1.42 bits per heavy atom. The topological polar surface area (TPSA) is 46.3 Å². The van der Waals surface area contributed by atoms with E-state index in [1.807, 2.05) is 43.0 Å². The van der Waals surface area contributed by atoms with Gasteiger partial charge >= 0.3 is 0 Å². The molecule has 2 rings (SSSR count). The molecule has 1 amide bonds. The Morgan fingerprint density at radius 2 is 2.05 bits per heavy atom. The summed E-state index contributed by atoms with van der Waals surface area (Å²) >= 11 is 5.01. The van der Waals surface area contributed by atoms with Crippen molar-refractivity contribution in [3.05, 3.63) is 28.7 Å². The highest BCUT2D eigenvalue weighted by Crippen LogP contribution is 2.35. The maximum Gasteiger partial charge on any atom is 0.238 e. The zero-order valence-corrected chi connectivity index (χ0v) is 13.6. The molecule has 1 atom stereocenters. The number of hydrogen-bond donors (Lipinski definition) is 1. The van der Waals surface area contributed by atoms with Crippen molar-refractivity contribution in [3.63, 3.8) is 0 Å². The first-order chi connectivity index (χ1) is 8.88. The number of benzene rings is 1. The van der Waals surface area contributed by atoms with Crippen molar-refractivity contribution in [3.8, 4) is 0 Å². The third kappa shape index (κ3) is 3.74. The van der Waals surface area contributed by atoms with E-state index in [1.54, 1.807) is 11.8 Å². The molecule has 0 saturated carbocycles. The van der Waals surface area contributed by atoms with Gasteiger partial charge in [-0.25, -0.2) is 0 Å². The summed E-state index contributed by atoms with van der Waals surface area (Å²) in [7, 11) is 0. The van der Waals surface area contributed by atoms with Crippen LogP contribution in [-0.2, 0) is 4.79 Å². The molecule has 1 saturated heterocycles. The Labute approximate surface area is 127 Å². The molecule has 1 aliphatic rings. The zero-order chi connectivity index (χ0) is 14.0. The number of nitrogens with two attached hydrogens (primary N) is 1. The molecular formula is C14H19BrN2OS. The Hall–Kier alpha value is -0.520. The smallest absolute Gasteiger partial charge is 0.238 e. The first kappa shape index (κ1) is 14.9. The fourth-order valence-corrected chi connectivity index (χ4v) is 3.54. The van der Waals surface area contributed by atoms with Crippen molar-refractivity contribution >= 4 is 33.6 Å². The summed E-state index contributed by atoms with van der Waals surface area (Å²) in [4.78, 5) is 15.5. The van der Waals surface area contributed by atoms with Gasteiger partial charge < -0.3 is 10.6 Å². The summed E-state index contributed by atoms with van der Waals surface area (Å²) < 4.78 is 0.587. The van der Waals surface area contributed by atoms with Gasteiger partial charge in [-0.05, 0) is 44.5 Å². The van der Waals surface area contributed by atoms with Gasteiger partial charge in [0.15, 0.2) is 0 Å². The van der Waals surface area contributed by atoms with E-state index in [2.05, 4.69) is 15.9 Å². The van der Waals surface area contributed by atoms with E-state index < -0.39 is 4.75 Å². The maximum atomic E-state index is 12.5. The maximum absolute atomic E-state index is 12.5. The van der Waals surface area contributed by atoms with Crippen LogP contribution >= 0.6 is 27.7 Å². The summed E-state index contributed by atoms with van der Waals surface area (Å²) in [5, 5.41) is 0. The monoisotopic (exact) mass is 342 g/mol. The second-order valence-corrected chi connectivity index (χ2v) is 7.98. The van der Waals surface area contributed by atoms with Gasteiger partial charge in [-0.15, -0.1) is 11.8 Å². The van der Waals surface area contributed by atoms with E-state index in [4.69, 9.17) is 5.73 Å². The summed E-state index contributed by atoms with van der Waals surface area (Å²) in [6, 6.07) is 8.18. The van der Waals surface area contributed by atoms with E-state index >= 15 is 0 Å². The number of carbonyl (C=O) groups is 1. The van der Waals surface area contributed by atoms with E-state index in [0.717, 1.165) is 22.3 Å². The van der Waals surface area contributed by atoms with Crippen LogP contribution in [0.2, 0.25) is 0 Å². The van der Waals surface area contributed by atoms with E-state index in [0.29, 0.717) is 6.54 Å². The molecule has 0 bridgehead atoms. The molecular weight excluding hydrogens is 324 g/mol. The number of halogens is 1. The molecule has 104 valence electrons. The third-order valence-corrected chi connectivity index (χ3v) is 4.94. The number of nitrogens with zero attached hydrogens (tertiary/aromatic N) is 1. The molecule has 1 fully saturated rings. The largest absolute Gasteiger partial charge is 0.340 e. The molecule has 0 aromatic heterocycles. The molecule has 0 spiro atoms. The predicted molar refractivity (Wildman–Crippen MR) is 83.3 cm³/mol. The van der Waals surface area contributed by atoms with Gasteiger partial charge in [-0.3, -0.25) is 4.79 Å². The average molecular weight is 343 g/mol. The van der Waals surface area contributed by atoms with Gasteiger partial charge in [-0.1, -0.05) is 15.9 Å². The highest BCUT2D eigenvalue weighted by Gasteiger charge is 2.35. The van der Waals surface area contributed by atoms with Crippen LogP contribution in [0.25, 0.3) is 0 Å². The van der Waals surface area contributed by atoms with Crippen molar-refractivity contribution in [2.24, 2.45) is 5.73 Å². The van der Waals surface area contributed by atoms with Crippen LogP contribution in [0.1, 0.15) is 20.3 Å². The van der Waals surface area contributed by atoms with Gasteiger partial charge in [0.2, 0.25) is 5.91 Å². The van der Waals surface area contributed by atoms with Crippen molar-refractivity contribution in [2.75, 3.05) is 13.1 Å². The zero-order valence-electron chi connectivity index (χ0n) is 11.2. The molecule has 2 N–H and O–H groups in total. The Morgan fingerprint density at radius 3 is 2.58 bits per heavy atom. The molecule has 0 aliphatic carbocycles. The Kier molecular flexibility index (Phi) is 4.58. The van der Waals surface area contributed by atoms with Crippen molar-refractivity contribution in [2.45, 2.75) is 36.0 Å². The quantitative estimate of drug-likeness (QED) is 0.859. The Balaban J connectivity index is 2.05. The average Bonchev–Trinajstić information content (AvgIpc) is 2.77. The van der Waals surface area contributed by atoms with Crippen LogP contribution in [0.5, 0.6) is 0 Å². The number of rotatable bonds is 3. The van der Waals surface area contributed by atoms with Crippen LogP contribution in [-0.4, -0.2) is 34.7 Å². The lowest BCUT2D eigenvalue weighted by Gasteiger charge is -2.28. The van der Waals surface area contributed by atoms with Crippen LogP contribution in [0.4, 0.5) is 0 Å². The molecule has 5 heteroatoms. The van der Waals surface area contributed by atoms with Crippen molar-refractivity contribution in [1.29, 1.82) is 0 Å². The predicted octanol–water partition coefficient (Wildman–Crippen LogP) is 2.88. The number of carbonyl (C=O) groups excluding carboxylic acids is 1. The molecule has 1 heterocycles. The first-order valence-corrected chi connectivity index (χ1v) is 7.99. The lowest BCUT2D eigenvalue weighted by atomic mass is 10.2. The SMILES string of the molecule is CC(C)(Sc1ccc(Br)cc1)C(=O)N1CC[C@@H](N)C1. The molecule has 3 nitrogen and oxygen atoms in total. The third-order valence-electron chi connectivity index (χ3n) is 3.21. The highest BCUT2D eigenvalue weighted by molar-refractivity contribution is 9.10. The van der Waals surface area contributed by atoms with Crippen molar-refractivity contribution < 1.29 is 4.79 Å². The minimum absolute atomic E-state index is 0.137. The number of likely N-dealkylation sites (tertiary alicyclic amines) is 1. The van der Waals surface area contributed by atoms with Crippen LogP contribution in [0, 0.1) is 0 Å². The second kappa shape index (κ2) is 5.85. The molecule has 1 aromatic carbocycles. The van der Waals surface area contributed by atoms with Gasteiger partial charge in [-0.2, -0.15) is 0 Å². The molecule has 0 unspecified atom stereocenters. The van der Waals surface area contributed by atoms with Crippen LogP contribution in [0.3, 0.4) is 0 Å². The van der Waals surface area contributed by atoms with E-state index in [9.17, 15) is 4.79 Å². The summed E-state index contributed by atoms with van der Waals surface area (Å²) in [5.74, 6) is 0.174. The highest BCUT2D eigenvalue weighted by atomic mass is 79.9. The Bertz CT molecular complexity index is 461. The van der Waals surface area contributed by atoms with Gasteiger partial charge in [0.1, 0.15) is 0 Å². The van der Waals surface area contributed by atoms with Crippen LogP contribution in [0.15, 0.2) is 33.6 Å². The van der Waals surface area contributed by atoms with Crippen LogP contribution < -0.4 is 5.73 Å². The number of hydrogen-bond acceptors (Lipinski definition) is 3. The fourth-order valence-electron chi connectivity index (χ4n) is 2.19. The minimum Gasteiger partial charge on any atom is -0.340 e. The van der Waals surface area contributed by atoms with Gasteiger partial charge in [0.05, 0.1) is 4.75 Å². The summed E-state index contributed by atoms with van der Waals surface area (Å²) in [6.45, 7) is 5.42. The normalized spacial score (nSPS) is 19.8. The lowest BCUT2D eigenvalue weighted by Crippen LogP contribution is -2.43. The van der Waals surface area contributed by atoms with Gasteiger partial charge in [0.25, 0.3) is 0 Å². The minimum atomic E-state index is -0.460. The first-order valence-electron chi connectivity index (χ1n) is 6.38. The molecule has 1 aromatic rings. The lowest BCUT2D eigenvalue weighted by molar-refractivity contribution is -0.131. The van der Waals surface area contributed by atoms with E-state index in [-0.39, 0.29) is 11.9 Å². The summed E-state index contributed by atoms with van der Waals surface area (Å²) in [6.07, 6.45) is 0.908. The van der Waals surface area contributed by atoms with Crippen molar-refractivity contribution in [1.82, 2.24) is 4.90 Å². The number of thioether (sulfide) groups is 1. The second-order valence-electron chi connectivity index (χ2n) is 5.37. The van der Waals surface area contributed by atoms with Gasteiger partial charge in [0, 0.05) is 28.5 Å². The molecule has 0 radical (unpaired) electrons. The number of amides is 1. The fraction of sp³-hybridized carbons (Fsp3) is 0.500. The molecule has 1 aliphatic heterocycles. The van der Waals surface area contributed by atoms with E-state index in [1.165, 1.54) is 0 Å².